The van der Waals surface area contributed by atoms with Crippen LogP contribution >= 0.6 is 34.4 Å². The van der Waals surface area contributed by atoms with E-state index in [1.54, 1.807) is 11.8 Å². The summed E-state index contributed by atoms with van der Waals surface area (Å²) >= 11 is 4.81. The highest BCUT2D eigenvalue weighted by Gasteiger charge is 2.25. The number of hydrogen-bond donors (Lipinski definition) is 2. The minimum absolute atomic E-state index is 0.442. The Morgan fingerprint density at radius 1 is 1.50 bits per heavy atom. The molecule has 1 aliphatic heterocycles. The van der Waals surface area contributed by atoms with Crippen LogP contribution in [0.5, 0.6) is 0 Å². The lowest BCUT2D eigenvalue weighted by Gasteiger charge is -2.28. The second-order valence-corrected chi connectivity index (χ2v) is 7.40. The first kappa shape index (κ1) is 13.8. The van der Waals surface area contributed by atoms with Gasteiger partial charge in [0.15, 0.2) is 0 Å². The fraction of sp³-hybridized carbons (Fsp3) is 0.308. The summed E-state index contributed by atoms with van der Waals surface area (Å²) in [5.41, 5.74) is 13.4. The van der Waals surface area contributed by atoms with E-state index < -0.39 is 5.91 Å². The molecule has 0 radical (unpaired) electrons. The molecule has 1 aliphatic rings. The fourth-order valence-corrected chi connectivity index (χ4v) is 5.38. The predicted octanol–water partition coefficient (Wildman–Crippen LogP) is 2.78. The zero-order valence-electron chi connectivity index (χ0n) is 11.0. The Balaban J connectivity index is 1.99. The normalized spacial score (nSPS) is 14.3. The Morgan fingerprint density at radius 3 is 3.00 bits per heavy atom. The zero-order chi connectivity index (χ0) is 14.3. The Kier molecular flexibility index (Phi) is 3.66. The molecule has 20 heavy (non-hydrogen) atoms. The monoisotopic (exact) mass is 325 g/mol. The molecule has 106 valence electrons. The van der Waals surface area contributed by atoms with Gasteiger partial charge in [-0.1, -0.05) is 0 Å². The standard InChI is InChI=1S/C13H15N3OS3/c1-18-11-9(14)10(12(15)17)20-13(11)16-4-2-8-7(6-16)3-5-19-8/h3,5H,2,4,6,14H2,1H3,(H2,15,17). The highest BCUT2D eigenvalue weighted by Crippen LogP contribution is 2.45. The molecule has 4 nitrogen and oxygen atoms in total. The molecular weight excluding hydrogens is 310 g/mol. The molecule has 0 spiro atoms. The van der Waals surface area contributed by atoms with E-state index in [0.717, 1.165) is 29.4 Å². The van der Waals surface area contributed by atoms with E-state index in [2.05, 4.69) is 16.3 Å². The fourth-order valence-electron chi connectivity index (χ4n) is 2.43. The number of thioether (sulfide) groups is 1. The minimum atomic E-state index is -0.442. The Bertz CT molecular complexity index is 662. The van der Waals surface area contributed by atoms with Gasteiger partial charge in [-0.15, -0.1) is 34.4 Å². The van der Waals surface area contributed by atoms with Crippen LogP contribution in [-0.4, -0.2) is 18.7 Å². The third-order valence-electron chi connectivity index (χ3n) is 3.41. The number of carbonyl (C=O) groups excluding carboxylic acids is 1. The van der Waals surface area contributed by atoms with Crippen LogP contribution in [-0.2, 0) is 13.0 Å². The van der Waals surface area contributed by atoms with Gasteiger partial charge in [-0.25, -0.2) is 0 Å². The van der Waals surface area contributed by atoms with Gasteiger partial charge < -0.3 is 16.4 Å². The van der Waals surface area contributed by atoms with E-state index in [1.165, 1.54) is 21.8 Å². The summed E-state index contributed by atoms with van der Waals surface area (Å²) in [6.07, 6.45) is 3.02. The minimum Gasteiger partial charge on any atom is -0.396 e. The van der Waals surface area contributed by atoms with E-state index in [4.69, 9.17) is 11.5 Å². The average molecular weight is 325 g/mol. The number of hydrogen-bond acceptors (Lipinski definition) is 6. The van der Waals surface area contributed by atoms with Gasteiger partial charge in [0.1, 0.15) is 9.88 Å². The molecule has 3 heterocycles. The zero-order valence-corrected chi connectivity index (χ0v) is 13.5. The largest absolute Gasteiger partial charge is 0.396 e. The van der Waals surface area contributed by atoms with Crippen LogP contribution in [0, 0.1) is 0 Å². The number of amides is 1. The van der Waals surface area contributed by atoms with Gasteiger partial charge in [-0.2, -0.15) is 0 Å². The number of rotatable bonds is 3. The maximum atomic E-state index is 11.5. The van der Waals surface area contributed by atoms with Gasteiger partial charge in [0, 0.05) is 18.0 Å². The maximum Gasteiger partial charge on any atom is 0.261 e. The molecule has 0 fully saturated rings. The molecule has 0 atom stereocenters. The molecule has 2 aromatic heterocycles. The number of nitrogen functional groups attached to an aromatic ring is 1. The van der Waals surface area contributed by atoms with Crippen LogP contribution in [0.15, 0.2) is 16.3 Å². The third-order valence-corrected chi connectivity index (χ3v) is 6.66. The van der Waals surface area contributed by atoms with Crippen molar-refractivity contribution in [3.8, 4) is 0 Å². The second kappa shape index (κ2) is 5.31. The van der Waals surface area contributed by atoms with Crippen molar-refractivity contribution >= 4 is 51.0 Å². The molecule has 0 saturated heterocycles. The van der Waals surface area contributed by atoms with Crippen LogP contribution in [0.4, 0.5) is 10.7 Å². The Hall–Kier alpha value is -1.18. The first-order valence-corrected chi connectivity index (χ1v) is 9.10. The van der Waals surface area contributed by atoms with Gasteiger partial charge in [-0.3, -0.25) is 4.79 Å². The summed E-state index contributed by atoms with van der Waals surface area (Å²) in [5.74, 6) is -0.442. The van der Waals surface area contributed by atoms with Gasteiger partial charge in [0.25, 0.3) is 5.91 Å². The predicted molar refractivity (Wildman–Crippen MR) is 88.1 cm³/mol. The van der Waals surface area contributed by atoms with E-state index in [-0.39, 0.29) is 0 Å². The summed E-state index contributed by atoms with van der Waals surface area (Å²) in [7, 11) is 0. The van der Waals surface area contributed by atoms with E-state index in [0.29, 0.717) is 10.6 Å². The van der Waals surface area contributed by atoms with Crippen LogP contribution in [0.25, 0.3) is 0 Å². The number of thiophene rings is 2. The molecular formula is C13H15N3OS3. The Morgan fingerprint density at radius 2 is 2.30 bits per heavy atom. The smallest absolute Gasteiger partial charge is 0.261 e. The van der Waals surface area contributed by atoms with Gasteiger partial charge in [0.2, 0.25) is 0 Å². The first-order valence-electron chi connectivity index (χ1n) is 6.18. The maximum absolute atomic E-state index is 11.5. The highest BCUT2D eigenvalue weighted by molar-refractivity contribution is 7.99. The van der Waals surface area contributed by atoms with Crippen molar-refractivity contribution in [3.05, 3.63) is 26.8 Å². The van der Waals surface area contributed by atoms with E-state index >= 15 is 0 Å². The summed E-state index contributed by atoms with van der Waals surface area (Å²) in [6.45, 7) is 1.84. The van der Waals surface area contributed by atoms with Crippen molar-refractivity contribution in [1.29, 1.82) is 0 Å². The van der Waals surface area contributed by atoms with Crippen LogP contribution < -0.4 is 16.4 Å². The first-order chi connectivity index (χ1) is 9.61. The average Bonchev–Trinajstić information content (AvgIpc) is 3.01. The number of anilines is 2. The molecule has 0 unspecified atom stereocenters. The van der Waals surface area contributed by atoms with Crippen molar-refractivity contribution in [1.82, 2.24) is 0 Å². The SMILES string of the molecule is CSc1c(N2CCc3sccc3C2)sc(C(N)=O)c1N. The molecule has 7 heteroatoms. The van der Waals surface area contributed by atoms with Crippen molar-refractivity contribution < 1.29 is 4.79 Å². The van der Waals surface area contributed by atoms with Crippen molar-refractivity contribution in [2.75, 3.05) is 23.4 Å². The van der Waals surface area contributed by atoms with Crippen molar-refractivity contribution in [2.45, 2.75) is 17.9 Å². The molecule has 3 rings (SSSR count). The van der Waals surface area contributed by atoms with E-state index in [9.17, 15) is 4.79 Å². The van der Waals surface area contributed by atoms with Gasteiger partial charge in [0.05, 0.1) is 10.6 Å². The molecule has 2 aromatic rings. The number of carbonyl (C=O) groups is 1. The lowest BCUT2D eigenvalue weighted by atomic mass is 10.1. The summed E-state index contributed by atoms with van der Waals surface area (Å²) in [4.78, 5) is 16.7. The number of fused-ring (bicyclic) bond motifs is 1. The van der Waals surface area contributed by atoms with E-state index in [1.807, 2.05) is 17.6 Å². The van der Waals surface area contributed by atoms with Crippen LogP contribution in [0.1, 0.15) is 20.1 Å². The van der Waals surface area contributed by atoms with Crippen LogP contribution in [0.3, 0.4) is 0 Å². The van der Waals surface area contributed by atoms with Gasteiger partial charge >= 0.3 is 0 Å². The molecule has 0 bridgehead atoms. The molecule has 4 N–H and O–H groups in total. The topological polar surface area (TPSA) is 72.3 Å². The third kappa shape index (κ3) is 2.19. The lowest BCUT2D eigenvalue weighted by molar-refractivity contribution is 0.100. The summed E-state index contributed by atoms with van der Waals surface area (Å²) in [6, 6.07) is 2.18. The summed E-state index contributed by atoms with van der Waals surface area (Å²) in [5, 5.41) is 3.21. The number of nitrogens with two attached hydrogens (primary N) is 2. The quantitative estimate of drug-likeness (QED) is 0.851. The number of primary amides is 1. The second-order valence-electron chi connectivity index (χ2n) is 4.59. The molecule has 1 amide bonds. The Labute approximate surface area is 129 Å². The molecule has 0 saturated carbocycles. The van der Waals surface area contributed by atoms with Crippen molar-refractivity contribution in [3.63, 3.8) is 0 Å². The molecule has 0 aromatic carbocycles. The summed E-state index contributed by atoms with van der Waals surface area (Å²) < 4.78 is 0. The number of nitrogens with zero attached hydrogens (tertiary/aromatic N) is 1. The van der Waals surface area contributed by atoms with Crippen molar-refractivity contribution in [2.24, 2.45) is 5.73 Å². The van der Waals surface area contributed by atoms with Gasteiger partial charge in [-0.05, 0) is 29.7 Å². The lowest BCUT2D eigenvalue weighted by Crippen LogP contribution is -2.29. The highest BCUT2D eigenvalue weighted by atomic mass is 32.2. The molecule has 0 aliphatic carbocycles. The van der Waals surface area contributed by atoms with Crippen LogP contribution in [0.2, 0.25) is 0 Å².